The van der Waals surface area contributed by atoms with Crippen molar-refractivity contribution in [2.45, 2.75) is 6.54 Å². The van der Waals surface area contributed by atoms with Crippen molar-refractivity contribution in [1.82, 2.24) is 0 Å². The lowest BCUT2D eigenvalue weighted by molar-refractivity contribution is -0.385. The van der Waals surface area contributed by atoms with Crippen molar-refractivity contribution in [2.24, 2.45) is 0 Å². The molecule has 0 aliphatic carbocycles. The van der Waals surface area contributed by atoms with Gasteiger partial charge in [0.25, 0.3) is 5.69 Å². The number of nitrogens with zero attached hydrogens (tertiary/aromatic N) is 2. The molecule has 0 atom stereocenters. The van der Waals surface area contributed by atoms with E-state index in [0.29, 0.717) is 18.0 Å². The van der Waals surface area contributed by atoms with Crippen molar-refractivity contribution >= 4 is 11.4 Å². The molecule has 0 aliphatic heterocycles. The zero-order valence-electron chi connectivity index (χ0n) is 9.67. The molecule has 18 heavy (non-hydrogen) atoms. The molecule has 1 heterocycles. The minimum Gasteiger partial charge on any atom is -0.467 e. The van der Waals surface area contributed by atoms with Crippen LogP contribution in [0.1, 0.15) is 5.76 Å². The third-order valence-corrected chi connectivity index (χ3v) is 2.49. The highest BCUT2D eigenvalue weighted by Gasteiger charge is 2.13. The van der Waals surface area contributed by atoms with Gasteiger partial charge < -0.3 is 9.32 Å². The number of halogens is 1. The summed E-state index contributed by atoms with van der Waals surface area (Å²) in [4.78, 5) is 11.7. The number of nitro groups is 1. The van der Waals surface area contributed by atoms with E-state index in [1.807, 2.05) is 0 Å². The molecule has 0 amide bonds. The van der Waals surface area contributed by atoms with Crippen molar-refractivity contribution < 1.29 is 13.7 Å². The number of nitro benzene ring substituents is 1. The van der Waals surface area contributed by atoms with Crippen molar-refractivity contribution in [1.29, 1.82) is 0 Å². The van der Waals surface area contributed by atoms with Crippen LogP contribution in [0.3, 0.4) is 0 Å². The van der Waals surface area contributed by atoms with Crippen LogP contribution in [0.4, 0.5) is 15.8 Å². The van der Waals surface area contributed by atoms with E-state index in [1.165, 1.54) is 18.4 Å². The first kappa shape index (κ1) is 12.1. The molecule has 0 spiro atoms. The predicted octanol–water partition coefficient (Wildman–Crippen LogP) is 2.96. The predicted molar refractivity (Wildman–Crippen MR) is 63.9 cm³/mol. The van der Waals surface area contributed by atoms with E-state index in [2.05, 4.69) is 0 Å². The number of anilines is 1. The highest BCUT2D eigenvalue weighted by Crippen LogP contribution is 2.23. The van der Waals surface area contributed by atoms with Gasteiger partial charge in [-0.25, -0.2) is 4.39 Å². The molecular formula is C12H11FN2O3. The van der Waals surface area contributed by atoms with Crippen LogP contribution in [0.2, 0.25) is 0 Å². The second kappa shape index (κ2) is 4.87. The molecule has 94 valence electrons. The number of benzene rings is 1. The lowest BCUT2D eigenvalue weighted by Gasteiger charge is -2.17. The first-order valence-electron chi connectivity index (χ1n) is 5.25. The van der Waals surface area contributed by atoms with Gasteiger partial charge in [0.1, 0.15) is 11.6 Å². The largest absolute Gasteiger partial charge is 0.467 e. The van der Waals surface area contributed by atoms with Crippen LogP contribution >= 0.6 is 0 Å². The minimum atomic E-state index is -0.634. The van der Waals surface area contributed by atoms with Gasteiger partial charge in [-0.3, -0.25) is 10.1 Å². The summed E-state index contributed by atoms with van der Waals surface area (Å²) in [5.74, 6) is 0.0647. The molecule has 0 aliphatic rings. The van der Waals surface area contributed by atoms with Gasteiger partial charge in [0.2, 0.25) is 0 Å². The molecule has 1 aromatic heterocycles. The Morgan fingerprint density at radius 2 is 2.22 bits per heavy atom. The molecule has 5 nitrogen and oxygen atoms in total. The van der Waals surface area contributed by atoms with Crippen LogP contribution in [-0.4, -0.2) is 12.0 Å². The Morgan fingerprint density at radius 1 is 1.44 bits per heavy atom. The molecule has 0 radical (unpaired) electrons. The summed E-state index contributed by atoms with van der Waals surface area (Å²) in [6.07, 6.45) is 1.54. The third kappa shape index (κ3) is 2.65. The highest BCUT2D eigenvalue weighted by atomic mass is 19.1. The molecule has 0 unspecified atom stereocenters. The topological polar surface area (TPSA) is 59.5 Å². The van der Waals surface area contributed by atoms with Gasteiger partial charge >= 0.3 is 0 Å². The summed E-state index contributed by atoms with van der Waals surface area (Å²) in [6.45, 7) is 0.410. The Balaban J connectivity index is 2.24. The van der Waals surface area contributed by atoms with Crippen molar-refractivity contribution in [3.05, 3.63) is 58.3 Å². The number of furan rings is 1. The zero-order valence-corrected chi connectivity index (χ0v) is 9.67. The van der Waals surface area contributed by atoms with Gasteiger partial charge in [0.15, 0.2) is 0 Å². The fraction of sp³-hybridized carbons (Fsp3) is 0.167. The fourth-order valence-electron chi connectivity index (χ4n) is 1.61. The van der Waals surface area contributed by atoms with E-state index in [9.17, 15) is 14.5 Å². The molecular weight excluding hydrogens is 239 g/mol. The standard InChI is InChI=1S/C12H11FN2O3/c1-14(8-12-3-2-4-18-12)10-5-9(13)6-11(7-10)15(16)17/h2-7H,8H2,1H3. The Labute approximate surface area is 103 Å². The van der Waals surface area contributed by atoms with E-state index in [-0.39, 0.29) is 5.69 Å². The SMILES string of the molecule is CN(Cc1ccco1)c1cc(F)cc([N+](=O)[O-])c1. The van der Waals surface area contributed by atoms with E-state index in [1.54, 1.807) is 24.1 Å². The van der Waals surface area contributed by atoms with Crippen LogP contribution in [0.25, 0.3) is 0 Å². The van der Waals surface area contributed by atoms with E-state index in [0.717, 1.165) is 6.07 Å². The first-order chi connectivity index (χ1) is 8.56. The molecule has 0 saturated carbocycles. The number of non-ortho nitro benzene ring substituents is 1. The van der Waals surface area contributed by atoms with Gasteiger partial charge in [-0.2, -0.15) is 0 Å². The maximum atomic E-state index is 13.3. The Hall–Kier alpha value is -2.37. The van der Waals surface area contributed by atoms with Crippen molar-refractivity contribution in [2.75, 3.05) is 11.9 Å². The summed E-state index contributed by atoms with van der Waals surface area (Å²) < 4.78 is 18.4. The number of rotatable bonds is 4. The Kier molecular flexibility index (Phi) is 3.27. The molecule has 0 bridgehead atoms. The number of hydrogen-bond acceptors (Lipinski definition) is 4. The quantitative estimate of drug-likeness (QED) is 0.618. The Bertz CT molecular complexity index is 554. The summed E-state index contributed by atoms with van der Waals surface area (Å²) in [5.41, 5.74) is 0.161. The monoisotopic (exact) mass is 250 g/mol. The molecule has 6 heteroatoms. The average Bonchev–Trinajstić information content (AvgIpc) is 2.80. The molecule has 0 N–H and O–H groups in total. The fourth-order valence-corrected chi connectivity index (χ4v) is 1.61. The summed E-state index contributed by atoms with van der Waals surface area (Å²) in [5, 5.41) is 10.6. The van der Waals surface area contributed by atoms with Crippen LogP contribution in [-0.2, 0) is 6.54 Å². The zero-order chi connectivity index (χ0) is 13.1. The van der Waals surface area contributed by atoms with Crippen LogP contribution in [0.15, 0.2) is 41.0 Å². The van der Waals surface area contributed by atoms with Gasteiger partial charge in [0, 0.05) is 18.8 Å². The third-order valence-electron chi connectivity index (χ3n) is 2.49. The molecule has 0 fully saturated rings. The van der Waals surface area contributed by atoms with Crippen LogP contribution < -0.4 is 4.90 Å². The smallest absolute Gasteiger partial charge is 0.274 e. The maximum Gasteiger partial charge on any atom is 0.274 e. The van der Waals surface area contributed by atoms with Gasteiger partial charge in [0.05, 0.1) is 23.8 Å². The van der Waals surface area contributed by atoms with E-state index < -0.39 is 10.7 Å². The van der Waals surface area contributed by atoms with Gasteiger partial charge in [-0.1, -0.05) is 0 Å². The highest BCUT2D eigenvalue weighted by molar-refractivity contribution is 5.53. The van der Waals surface area contributed by atoms with Crippen LogP contribution in [0, 0.1) is 15.9 Å². The van der Waals surface area contributed by atoms with Crippen molar-refractivity contribution in [3.63, 3.8) is 0 Å². The molecule has 0 saturated heterocycles. The molecule has 1 aromatic carbocycles. The normalized spacial score (nSPS) is 10.3. The summed E-state index contributed by atoms with van der Waals surface area (Å²) >= 11 is 0. The Morgan fingerprint density at radius 3 is 2.83 bits per heavy atom. The lowest BCUT2D eigenvalue weighted by atomic mass is 10.2. The van der Waals surface area contributed by atoms with E-state index >= 15 is 0 Å². The second-order valence-corrected chi connectivity index (χ2v) is 3.86. The maximum absolute atomic E-state index is 13.3. The average molecular weight is 250 g/mol. The lowest BCUT2D eigenvalue weighted by Crippen LogP contribution is -2.16. The molecule has 2 aromatic rings. The second-order valence-electron chi connectivity index (χ2n) is 3.86. The summed E-state index contributed by atoms with van der Waals surface area (Å²) in [6, 6.07) is 6.99. The van der Waals surface area contributed by atoms with Crippen LogP contribution in [0.5, 0.6) is 0 Å². The first-order valence-corrected chi connectivity index (χ1v) is 5.25. The minimum absolute atomic E-state index is 0.267. The van der Waals surface area contributed by atoms with E-state index in [4.69, 9.17) is 4.42 Å². The number of hydrogen-bond donors (Lipinski definition) is 0. The van der Waals surface area contributed by atoms with Crippen molar-refractivity contribution in [3.8, 4) is 0 Å². The summed E-state index contributed by atoms with van der Waals surface area (Å²) in [7, 11) is 1.71. The van der Waals surface area contributed by atoms with Gasteiger partial charge in [-0.15, -0.1) is 0 Å². The molecule has 2 rings (SSSR count). The van der Waals surface area contributed by atoms with Gasteiger partial charge in [-0.05, 0) is 18.2 Å².